The Balaban J connectivity index is -0.00000000167. The molecule has 0 aliphatic rings. The first-order valence-electron chi connectivity index (χ1n) is 0.577. The zero-order chi connectivity index (χ0) is 2.00. The van der Waals surface area contributed by atoms with Crippen molar-refractivity contribution >= 4 is 17.6 Å². The summed E-state index contributed by atoms with van der Waals surface area (Å²) in [5.74, 6) is 0. The fraction of sp³-hybridized carbons (Fsp3) is 0. The largest absolute Gasteiger partial charge is 0.0434 e. The van der Waals surface area contributed by atoms with E-state index in [4.69, 9.17) is 0 Å². The SMILES string of the molecule is [B][SiH3].[Cr].[Fe].[Mn]. The van der Waals surface area contributed by atoms with E-state index in [2.05, 4.69) is 7.44 Å². The van der Waals surface area contributed by atoms with Crippen LogP contribution in [-0.4, -0.2) is 17.6 Å². The van der Waals surface area contributed by atoms with Crippen LogP contribution in [0.15, 0.2) is 0 Å². The van der Waals surface area contributed by atoms with E-state index in [1.165, 1.54) is 0 Å². The monoisotopic (exact) mass is 205 g/mol. The molecule has 0 aromatic carbocycles. The summed E-state index contributed by atoms with van der Waals surface area (Å²) in [5, 5.41) is 0. The topological polar surface area (TPSA) is 0 Å². The first-order chi connectivity index (χ1) is 1.00. The first kappa shape index (κ1) is 28.8. The molecule has 31 valence electrons. The van der Waals surface area contributed by atoms with Crippen LogP contribution in [0.3, 0.4) is 0 Å². The Morgan fingerprint density at radius 2 is 1.20 bits per heavy atom. The van der Waals surface area contributed by atoms with Gasteiger partial charge in [0.05, 0.1) is 0 Å². The molecule has 0 fully saturated rings. The molecule has 0 amide bonds. The molecule has 0 aliphatic carbocycles. The molecule has 5 heavy (non-hydrogen) atoms. The molecule has 0 aliphatic heterocycles. The van der Waals surface area contributed by atoms with Crippen molar-refractivity contribution < 1.29 is 51.5 Å². The summed E-state index contributed by atoms with van der Waals surface area (Å²) in [6.07, 6.45) is 0. The maximum atomic E-state index is 4.64. The van der Waals surface area contributed by atoms with E-state index in [1.807, 2.05) is 0 Å². The summed E-state index contributed by atoms with van der Waals surface area (Å²) in [5.41, 5.74) is 0. The molecule has 5 heteroatoms. The Bertz CT molecular complexity index is 11.6. The van der Waals surface area contributed by atoms with Crippen LogP contribution in [0, 0.1) is 0 Å². The fourth-order valence-electron chi connectivity index (χ4n) is 0. The third kappa shape index (κ3) is 25.3. The number of hydrogen-bond donors (Lipinski definition) is 0. The molecule has 0 heterocycles. The van der Waals surface area contributed by atoms with Crippen LogP contribution in [0.5, 0.6) is 0 Å². The predicted molar refractivity (Wildman–Crippen MR) is 15.7 cm³/mol. The zero-order valence-corrected chi connectivity index (χ0v) is 8.28. The molecule has 0 rings (SSSR count). The molecule has 0 saturated carbocycles. The molecule has 0 aromatic rings. The Morgan fingerprint density at radius 1 is 1.20 bits per heavy atom. The summed E-state index contributed by atoms with van der Waals surface area (Å²) in [7, 11) is 5.44. The van der Waals surface area contributed by atoms with E-state index in [1.54, 1.807) is 0 Å². The molecule has 0 aromatic heterocycles. The van der Waals surface area contributed by atoms with Crippen LogP contribution in [0.4, 0.5) is 0 Å². The molecule has 0 N–H and O–H groups in total. The van der Waals surface area contributed by atoms with Crippen molar-refractivity contribution in [1.29, 1.82) is 0 Å². The van der Waals surface area contributed by atoms with Gasteiger partial charge in [-0.25, -0.2) is 0 Å². The Labute approximate surface area is 68.7 Å². The van der Waals surface area contributed by atoms with E-state index in [-0.39, 0.29) is 51.5 Å². The van der Waals surface area contributed by atoms with Crippen LogP contribution in [0.2, 0.25) is 0 Å². The van der Waals surface area contributed by atoms with Crippen molar-refractivity contribution in [2.45, 2.75) is 0 Å². The van der Waals surface area contributed by atoms with Crippen molar-refractivity contribution in [2.24, 2.45) is 0 Å². The van der Waals surface area contributed by atoms with Gasteiger partial charge in [-0.1, -0.05) is 0 Å². The van der Waals surface area contributed by atoms with Crippen LogP contribution < -0.4 is 0 Å². The minimum absolute atomic E-state index is 0. The van der Waals surface area contributed by atoms with Gasteiger partial charge < -0.3 is 0 Å². The normalized spacial score (nSPS) is 1.60. The van der Waals surface area contributed by atoms with Gasteiger partial charge in [0.2, 0.25) is 0 Å². The van der Waals surface area contributed by atoms with Gasteiger partial charge in [0, 0.05) is 58.9 Å². The van der Waals surface area contributed by atoms with Gasteiger partial charge in [-0.2, -0.15) is 0 Å². The average molecular weight is 205 g/mol. The van der Waals surface area contributed by atoms with Gasteiger partial charge in [0.25, 0.3) is 0 Å². The minimum Gasteiger partial charge on any atom is -0.0388 e. The summed E-state index contributed by atoms with van der Waals surface area (Å²) in [6, 6.07) is 0. The van der Waals surface area contributed by atoms with Crippen molar-refractivity contribution in [3.8, 4) is 0 Å². The maximum Gasteiger partial charge on any atom is 0.0434 e. The third-order valence-corrected chi connectivity index (χ3v) is 0. The summed E-state index contributed by atoms with van der Waals surface area (Å²) < 4.78 is 0. The van der Waals surface area contributed by atoms with Gasteiger partial charge >= 0.3 is 0 Å². The average Bonchev–Trinajstić information content (AvgIpc) is 1.00. The van der Waals surface area contributed by atoms with Gasteiger partial charge in [0.15, 0.2) is 0 Å². The van der Waals surface area contributed by atoms with Gasteiger partial charge in [-0.15, -0.1) is 0 Å². The van der Waals surface area contributed by atoms with Gasteiger partial charge in [-0.3, -0.25) is 0 Å². The first-order valence-corrected chi connectivity index (χ1v) is 1.73. The van der Waals surface area contributed by atoms with Gasteiger partial charge in [-0.05, 0) is 10.1 Å². The van der Waals surface area contributed by atoms with E-state index in [9.17, 15) is 0 Å². The zero-order valence-electron chi connectivity index (χ0n) is 2.72. The quantitative estimate of drug-likeness (QED) is 0.419. The smallest absolute Gasteiger partial charge is 0.0388 e. The van der Waals surface area contributed by atoms with E-state index < -0.39 is 0 Å². The van der Waals surface area contributed by atoms with Crippen molar-refractivity contribution in [3.05, 3.63) is 0 Å². The van der Waals surface area contributed by atoms with E-state index in [0.717, 1.165) is 10.1 Å². The molecule has 0 atom stereocenters. The molecule has 0 saturated heterocycles. The Hall–Kier alpha value is 1.85. The van der Waals surface area contributed by atoms with Crippen LogP contribution >= 0.6 is 0 Å². The summed E-state index contributed by atoms with van der Waals surface area (Å²) >= 11 is 0. The van der Waals surface area contributed by atoms with Gasteiger partial charge in [0.1, 0.15) is 0 Å². The second-order valence-corrected chi connectivity index (χ2v) is 0. The maximum absolute atomic E-state index is 4.64. The summed E-state index contributed by atoms with van der Waals surface area (Å²) in [6.45, 7) is 0. The fourth-order valence-corrected chi connectivity index (χ4v) is 0. The molecule has 0 nitrogen and oxygen atoms in total. The number of hydrogen-bond acceptors (Lipinski definition) is 0. The van der Waals surface area contributed by atoms with Crippen LogP contribution in [0.25, 0.3) is 0 Å². The van der Waals surface area contributed by atoms with E-state index in [0.29, 0.717) is 0 Å². The number of rotatable bonds is 0. The third-order valence-electron chi connectivity index (χ3n) is 0. The molecule has 0 unspecified atom stereocenters. The van der Waals surface area contributed by atoms with Crippen LogP contribution in [-0.2, 0) is 51.5 Å². The molecule has 3 radical (unpaired) electrons. The molecular weight excluding hydrogens is 202 g/mol. The van der Waals surface area contributed by atoms with Crippen LogP contribution in [0.1, 0.15) is 0 Å². The molecule has 0 spiro atoms. The summed E-state index contributed by atoms with van der Waals surface area (Å²) in [4.78, 5) is 0. The van der Waals surface area contributed by atoms with Crippen molar-refractivity contribution in [3.63, 3.8) is 0 Å². The van der Waals surface area contributed by atoms with E-state index >= 15 is 0 Å². The van der Waals surface area contributed by atoms with Crippen molar-refractivity contribution in [1.82, 2.24) is 0 Å². The standard InChI is InChI=1S/BH3Si.Cr.Fe.Mn/c1-2;;;/h2H3;;;. The Kier molecular flexibility index (Phi) is 232. The second-order valence-electron chi connectivity index (χ2n) is 0. The van der Waals surface area contributed by atoms with Crippen molar-refractivity contribution in [2.75, 3.05) is 0 Å². The second kappa shape index (κ2) is 40.1. The Morgan fingerprint density at radius 3 is 1.20 bits per heavy atom. The molecular formula is H3BCrFeMnSi. The predicted octanol–water partition coefficient (Wildman–Crippen LogP) is -1.57. The minimum atomic E-state index is 0. The molecule has 0 bridgehead atoms.